The van der Waals surface area contributed by atoms with Crippen LogP contribution in [0.2, 0.25) is 0 Å². The molecule has 1 heterocycles. The van der Waals surface area contributed by atoms with Gasteiger partial charge in [0.2, 0.25) is 5.91 Å². The van der Waals surface area contributed by atoms with Gasteiger partial charge in [0.25, 0.3) is 0 Å². The van der Waals surface area contributed by atoms with Gasteiger partial charge in [0.05, 0.1) is 24.8 Å². The van der Waals surface area contributed by atoms with Crippen LogP contribution in [0.1, 0.15) is 34.1 Å². The summed E-state index contributed by atoms with van der Waals surface area (Å²) >= 11 is 0. The Labute approximate surface area is 98.1 Å². The van der Waals surface area contributed by atoms with Gasteiger partial charge in [-0.1, -0.05) is 20.3 Å². The summed E-state index contributed by atoms with van der Waals surface area (Å²) in [5, 5.41) is 0. The number of carbonyl (C=O) groups is 1. The first-order valence-electron chi connectivity index (χ1n) is 6.05. The normalized spacial score (nSPS) is 23.9. The zero-order valence-electron chi connectivity index (χ0n) is 10.8. The van der Waals surface area contributed by atoms with E-state index in [1.54, 1.807) is 0 Å². The molecule has 0 aliphatic carbocycles. The highest BCUT2D eigenvalue weighted by Gasteiger charge is 2.37. The van der Waals surface area contributed by atoms with E-state index in [1.165, 1.54) is 0 Å². The summed E-state index contributed by atoms with van der Waals surface area (Å²) in [6.07, 6.45) is 0.928. The van der Waals surface area contributed by atoms with Crippen molar-refractivity contribution in [1.29, 1.82) is 0 Å². The third kappa shape index (κ3) is 2.74. The molecule has 1 saturated heterocycles. The number of nitrogens with zero attached hydrogens (tertiary/aromatic N) is 1. The van der Waals surface area contributed by atoms with Crippen LogP contribution in [0, 0.1) is 5.92 Å². The third-order valence-corrected chi connectivity index (χ3v) is 3.45. The van der Waals surface area contributed by atoms with Crippen LogP contribution >= 0.6 is 0 Å². The largest absolute Gasteiger partial charge is 0.377 e. The van der Waals surface area contributed by atoms with E-state index in [0.29, 0.717) is 19.8 Å². The van der Waals surface area contributed by atoms with Crippen molar-refractivity contribution in [2.45, 2.75) is 45.7 Å². The van der Waals surface area contributed by atoms with E-state index in [0.717, 1.165) is 6.42 Å². The van der Waals surface area contributed by atoms with E-state index >= 15 is 0 Å². The molecule has 16 heavy (non-hydrogen) atoms. The number of carbonyl (C=O) groups excluding carboxylic acids is 1. The summed E-state index contributed by atoms with van der Waals surface area (Å²) in [5.41, 5.74) is 5.76. The molecule has 2 unspecified atom stereocenters. The second-order valence-electron chi connectivity index (χ2n) is 5.27. The number of nitrogens with two attached hydrogens (primary N) is 1. The highest BCUT2D eigenvalue weighted by Crippen LogP contribution is 2.21. The third-order valence-electron chi connectivity index (χ3n) is 3.45. The first-order valence-corrected chi connectivity index (χ1v) is 6.05. The highest BCUT2D eigenvalue weighted by atomic mass is 16.5. The molecule has 0 aromatic heterocycles. The molecule has 0 aromatic rings. The Bertz CT molecular complexity index is 253. The Morgan fingerprint density at radius 3 is 2.69 bits per heavy atom. The quantitative estimate of drug-likeness (QED) is 0.784. The summed E-state index contributed by atoms with van der Waals surface area (Å²) < 4.78 is 5.40. The van der Waals surface area contributed by atoms with Crippen molar-refractivity contribution in [3.05, 3.63) is 0 Å². The van der Waals surface area contributed by atoms with Crippen molar-refractivity contribution in [1.82, 2.24) is 4.90 Å². The van der Waals surface area contributed by atoms with Gasteiger partial charge >= 0.3 is 0 Å². The van der Waals surface area contributed by atoms with Crippen LogP contribution in [0.3, 0.4) is 0 Å². The van der Waals surface area contributed by atoms with Crippen molar-refractivity contribution in [2.75, 3.05) is 19.8 Å². The lowest BCUT2D eigenvalue weighted by Crippen LogP contribution is -2.60. The summed E-state index contributed by atoms with van der Waals surface area (Å²) in [7, 11) is 0. The Hall–Kier alpha value is -0.610. The molecule has 4 heteroatoms. The maximum atomic E-state index is 12.3. The van der Waals surface area contributed by atoms with Gasteiger partial charge in [-0.15, -0.1) is 0 Å². The van der Waals surface area contributed by atoms with Crippen molar-refractivity contribution in [2.24, 2.45) is 11.7 Å². The summed E-state index contributed by atoms with van der Waals surface area (Å²) in [4.78, 5) is 14.1. The minimum absolute atomic E-state index is 0.0580. The standard InChI is InChI=1S/C12H24N2O2/c1-5-9(2)10(13)11(15)14-6-7-16-8-12(14,3)4/h9-10H,5-8,13H2,1-4H3. The smallest absolute Gasteiger partial charge is 0.240 e. The topological polar surface area (TPSA) is 55.6 Å². The lowest BCUT2D eigenvalue weighted by Gasteiger charge is -2.43. The van der Waals surface area contributed by atoms with Crippen LogP contribution < -0.4 is 5.73 Å². The van der Waals surface area contributed by atoms with E-state index < -0.39 is 0 Å². The van der Waals surface area contributed by atoms with Crippen LogP contribution in [0.4, 0.5) is 0 Å². The van der Waals surface area contributed by atoms with Crippen LogP contribution in [0.15, 0.2) is 0 Å². The Morgan fingerprint density at radius 2 is 2.19 bits per heavy atom. The number of amides is 1. The van der Waals surface area contributed by atoms with E-state index in [-0.39, 0.29) is 23.4 Å². The average molecular weight is 228 g/mol. The molecule has 94 valence electrons. The monoisotopic (exact) mass is 228 g/mol. The maximum Gasteiger partial charge on any atom is 0.240 e. The van der Waals surface area contributed by atoms with E-state index in [9.17, 15) is 4.79 Å². The minimum atomic E-state index is -0.387. The van der Waals surface area contributed by atoms with Crippen LogP contribution in [-0.2, 0) is 9.53 Å². The fourth-order valence-electron chi connectivity index (χ4n) is 1.94. The fraction of sp³-hybridized carbons (Fsp3) is 0.917. The van der Waals surface area contributed by atoms with Crippen molar-refractivity contribution < 1.29 is 9.53 Å². The van der Waals surface area contributed by atoms with Gasteiger partial charge in [-0.2, -0.15) is 0 Å². The molecule has 0 saturated carbocycles. The first-order chi connectivity index (χ1) is 7.40. The number of hydrogen-bond donors (Lipinski definition) is 1. The Morgan fingerprint density at radius 1 is 1.56 bits per heavy atom. The zero-order valence-corrected chi connectivity index (χ0v) is 10.8. The van der Waals surface area contributed by atoms with E-state index in [1.807, 2.05) is 25.7 Å². The molecular formula is C12H24N2O2. The number of ether oxygens (including phenoxy) is 1. The second kappa shape index (κ2) is 5.15. The highest BCUT2D eigenvalue weighted by molar-refractivity contribution is 5.82. The van der Waals surface area contributed by atoms with Gasteiger partial charge in [0, 0.05) is 6.54 Å². The second-order valence-corrected chi connectivity index (χ2v) is 5.27. The molecule has 1 aliphatic heterocycles. The molecule has 1 fully saturated rings. The van der Waals surface area contributed by atoms with Gasteiger partial charge in [0.1, 0.15) is 0 Å². The van der Waals surface area contributed by atoms with Gasteiger partial charge in [-0.25, -0.2) is 0 Å². The summed E-state index contributed by atoms with van der Waals surface area (Å²) in [6, 6.07) is -0.387. The molecule has 1 amide bonds. The average Bonchev–Trinajstić information content (AvgIpc) is 2.25. The molecule has 0 aromatic carbocycles. The number of hydrogen-bond acceptors (Lipinski definition) is 3. The lowest BCUT2D eigenvalue weighted by molar-refractivity contribution is -0.148. The van der Waals surface area contributed by atoms with Crippen LogP contribution in [0.25, 0.3) is 0 Å². The molecule has 4 nitrogen and oxygen atoms in total. The van der Waals surface area contributed by atoms with Gasteiger partial charge < -0.3 is 15.4 Å². The molecule has 1 rings (SSSR count). The minimum Gasteiger partial charge on any atom is -0.377 e. The van der Waals surface area contributed by atoms with Gasteiger partial charge in [0.15, 0.2) is 0 Å². The number of morpholine rings is 1. The predicted molar refractivity (Wildman–Crippen MR) is 64.0 cm³/mol. The lowest BCUT2D eigenvalue weighted by atomic mass is 9.95. The fourth-order valence-corrected chi connectivity index (χ4v) is 1.94. The Kier molecular flexibility index (Phi) is 4.33. The predicted octanol–water partition coefficient (Wildman–Crippen LogP) is 0.997. The van der Waals surface area contributed by atoms with Crippen LogP contribution in [-0.4, -0.2) is 42.1 Å². The van der Waals surface area contributed by atoms with Crippen molar-refractivity contribution in [3.63, 3.8) is 0 Å². The van der Waals surface area contributed by atoms with Crippen LogP contribution in [0.5, 0.6) is 0 Å². The molecule has 0 radical (unpaired) electrons. The Balaban J connectivity index is 2.71. The first kappa shape index (κ1) is 13.5. The summed E-state index contributed by atoms with van der Waals surface area (Å²) in [5.74, 6) is 0.286. The maximum absolute atomic E-state index is 12.3. The molecule has 1 aliphatic rings. The molecule has 2 atom stereocenters. The molecule has 2 N–H and O–H groups in total. The zero-order chi connectivity index (χ0) is 12.3. The van der Waals surface area contributed by atoms with Gasteiger partial charge in [-0.05, 0) is 19.8 Å². The molecular weight excluding hydrogens is 204 g/mol. The summed E-state index contributed by atoms with van der Waals surface area (Å²) in [6.45, 7) is 9.98. The molecule has 0 bridgehead atoms. The van der Waals surface area contributed by atoms with Crippen molar-refractivity contribution in [3.8, 4) is 0 Å². The molecule has 0 spiro atoms. The van der Waals surface area contributed by atoms with Crippen molar-refractivity contribution >= 4 is 5.91 Å². The van der Waals surface area contributed by atoms with E-state index in [2.05, 4.69) is 6.92 Å². The van der Waals surface area contributed by atoms with Gasteiger partial charge in [-0.3, -0.25) is 4.79 Å². The SMILES string of the molecule is CCC(C)C(N)C(=O)N1CCOCC1(C)C. The van der Waals surface area contributed by atoms with E-state index in [4.69, 9.17) is 10.5 Å². The number of rotatable bonds is 3.